The third-order valence-electron chi connectivity index (χ3n) is 4.57. The molecular formula is C20H16O6. The molecule has 0 spiro atoms. The van der Waals surface area contributed by atoms with Gasteiger partial charge in [-0.2, -0.15) is 0 Å². The lowest BCUT2D eigenvalue weighted by atomic mass is 9.77. The number of hydrogen-bond donors (Lipinski definition) is 1. The molecule has 1 unspecified atom stereocenters. The first-order valence-electron chi connectivity index (χ1n) is 8.12. The zero-order valence-corrected chi connectivity index (χ0v) is 14.0. The number of hydrogen-bond acceptors (Lipinski definition) is 5. The van der Waals surface area contributed by atoms with E-state index >= 15 is 0 Å². The molecule has 1 atom stereocenters. The van der Waals surface area contributed by atoms with Gasteiger partial charge in [0, 0.05) is 11.1 Å². The van der Waals surface area contributed by atoms with Crippen molar-refractivity contribution in [2.24, 2.45) is 0 Å². The number of ether oxygens (including phenoxy) is 1. The van der Waals surface area contributed by atoms with Crippen molar-refractivity contribution in [2.45, 2.75) is 25.4 Å². The summed E-state index contributed by atoms with van der Waals surface area (Å²) in [5, 5.41) is 9.24. The number of esters is 1. The largest absolute Gasteiger partial charge is 0.478 e. The highest BCUT2D eigenvalue weighted by atomic mass is 16.6. The van der Waals surface area contributed by atoms with Crippen LogP contribution in [0.3, 0.4) is 0 Å². The van der Waals surface area contributed by atoms with Gasteiger partial charge in [0.25, 0.3) is 0 Å². The van der Waals surface area contributed by atoms with Gasteiger partial charge in [0.1, 0.15) is 0 Å². The molecule has 132 valence electrons. The molecule has 6 heteroatoms. The standard InChI is InChI=1S/C20H16O6/c1-2-20(11-16(21)12-7-3-4-8-13(12)17(20)22)26-19(25)15-10-6-5-9-14(15)18(23)24/h3-10H,2,11H2,1H3,(H,23,24). The Hall–Kier alpha value is -3.28. The normalized spacial score (nSPS) is 19.0. The summed E-state index contributed by atoms with van der Waals surface area (Å²) in [5.41, 5.74) is -1.49. The quantitative estimate of drug-likeness (QED) is 0.849. The van der Waals surface area contributed by atoms with E-state index in [0.717, 1.165) is 0 Å². The second kappa shape index (κ2) is 6.55. The maximum absolute atomic E-state index is 13.0. The topological polar surface area (TPSA) is 97.7 Å². The Morgan fingerprint density at radius 2 is 1.58 bits per heavy atom. The molecular weight excluding hydrogens is 336 g/mol. The van der Waals surface area contributed by atoms with Gasteiger partial charge in [-0.05, 0) is 18.6 Å². The monoisotopic (exact) mass is 352 g/mol. The van der Waals surface area contributed by atoms with Crippen LogP contribution >= 0.6 is 0 Å². The summed E-state index contributed by atoms with van der Waals surface area (Å²) in [5.74, 6) is -2.96. The van der Waals surface area contributed by atoms with Gasteiger partial charge < -0.3 is 9.84 Å². The minimum absolute atomic E-state index is 0.104. The number of ketones is 2. The first-order chi connectivity index (χ1) is 12.4. The molecule has 1 aliphatic rings. The minimum atomic E-state index is -1.63. The lowest BCUT2D eigenvalue weighted by Gasteiger charge is -2.34. The Balaban J connectivity index is 2.00. The Kier molecular flexibility index (Phi) is 4.42. The van der Waals surface area contributed by atoms with Crippen molar-refractivity contribution in [3.8, 4) is 0 Å². The molecule has 1 N–H and O–H groups in total. The number of aromatic carboxylic acids is 1. The first-order valence-corrected chi connectivity index (χ1v) is 8.12. The van der Waals surface area contributed by atoms with Crippen molar-refractivity contribution in [3.05, 3.63) is 70.8 Å². The van der Waals surface area contributed by atoms with Crippen LogP contribution in [0.15, 0.2) is 48.5 Å². The molecule has 0 heterocycles. The number of carbonyl (C=O) groups is 4. The van der Waals surface area contributed by atoms with E-state index in [-0.39, 0.29) is 35.3 Å². The van der Waals surface area contributed by atoms with E-state index in [0.29, 0.717) is 5.56 Å². The van der Waals surface area contributed by atoms with Crippen LogP contribution in [0, 0.1) is 0 Å². The maximum atomic E-state index is 13.0. The van der Waals surface area contributed by atoms with Gasteiger partial charge in [0.15, 0.2) is 11.4 Å². The van der Waals surface area contributed by atoms with Crippen LogP contribution < -0.4 is 0 Å². The van der Waals surface area contributed by atoms with Crippen LogP contribution in [0.5, 0.6) is 0 Å². The van der Waals surface area contributed by atoms with Gasteiger partial charge in [-0.15, -0.1) is 0 Å². The van der Waals surface area contributed by atoms with Gasteiger partial charge in [-0.3, -0.25) is 9.59 Å². The average Bonchev–Trinajstić information content (AvgIpc) is 2.65. The molecule has 0 aliphatic heterocycles. The molecule has 0 saturated carbocycles. The number of benzene rings is 2. The number of carboxylic acids is 1. The molecule has 0 fully saturated rings. The number of rotatable bonds is 4. The van der Waals surface area contributed by atoms with E-state index in [4.69, 9.17) is 4.74 Å². The fourth-order valence-electron chi connectivity index (χ4n) is 3.12. The van der Waals surface area contributed by atoms with E-state index in [1.165, 1.54) is 30.3 Å². The van der Waals surface area contributed by atoms with E-state index in [1.807, 2.05) is 0 Å². The maximum Gasteiger partial charge on any atom is 0.340 e. The number of carboxylic acid groups (broad SMARTS) is 1. The van der Waals surface area contributed by atoms with Crippen LogP contribution in [-0.4, -0.2) is 34.2 Å². The summed E-state index contributed by atoms with van der Waals surface area (Å²) >= 11 is 0. The van der Waals surface area contributed by atoms with E-state index in [2.05, 4.69) is 0 Å². The zero-order chi connectivity index (χ0) is 18.9. The second-order valence-corrected chi connectivity index (χ2v) is 6.06. The lowest BCUT2D eigenvalue weighted by Crippen LogP contribution is -2.48. The average molecular weight is 352 g/mol. The molecule has 3 rings (SSSR count). The third-order valence-corrected chi connectivity index (χ3v) is 4.57. The summed E-state index contributed by atoms with van der Waals surface area (Å²) < 4.78 is 5.47. The highest BCUT2D eigenvalue weighted by molar-refractivity contribution is 6.18. The summed E-state index contributed by atoms with van der Waals surface area (Å²) in [6.45, 7) is 1.65. The Morgan fingerprint density at radius 1 is 1.00 bits per heavy atom. The molecule has 2 aromatic carbocycles. The summed E-state index contributed by atoms with van der Waals surface area (Å²) in [7, 11) is 0. The van der Waals surface area contributed by atoms with Crippen molar-refractivity contribution in [1.29, 1.82) is 0 Å². The zero-order valence-electron chi connectivity index (χ0n) is 14.0. The van der Waals surface area contributed by atoms with Crippen molar-refractivity contribution in [2.75, 3.05) is 0 Å². The molecule has 0 saturated heterocycles. The molecule has 0 bridgehead atoms. The second-order valence-electron chi connectivity index (χ2n) is 6.06. The van der Waals surface area contributed by atoms with E-state index in [9.17, 15) is 24.3 Å². The Labute approximate surface area is 149 Å². The van der Waals surface area contributed by atoms with Crippen molar-refractivity contribution < 1.29 is 29.0 Å². The smallest absolute Gasteiger partial charge is 0.340 e. The van der Waals surface area contributed by atoms with Crippen LogP contribution in [0.2, 0.25) is 0 Å². The number of fused-ring (bicyclic) bond motifs is 1. The number of carbonyl (C=O) groups excluding carboxylic acids is 3. The van der Waals surface area contributed by atoms with Gasteiger partial charge in [-0.1, -0.05) is 43.3 Å². The van der Waals surface area contributed by atoms with Gasteiger partial charge in [0.05, 0.1) is 17.5 Å². The van der Waals surface area contributed by atoms with Crippen molar-refractivity contribution in [1.82, 2.24) is 0 Å². The molecule has 0 amide bonds. The van der Waals surface area contributed by atoms with Gasteiger partial charge in [-0.25, -0.2) is 9.59 Å². The molecule has 0 radical (unpaired) electrons. The minimum Gasteiger partial charge on any atom is -0.478 e. The van der Waals surface area contributed by atoms with Crippen molar-refractivity contribution in [3.63, 3.8) is 0 Å². The fraction of sp³-hybridized carbons (Fsp3) is 0.200. The highest BCUT2D eigenvalue weighted by Crippen LogP contribution is 2.35. The lowest BCUT2D eigenvalue weighted by molar-refractivity contribution is -0.0139. The predicted molar refractivity (Wildman–Crippen MR) is 91.6 cm³/mol. The van der Waals surface area contributed by atoms with Gasteiger partial charge in [0.2, 0.25) is 5.78 Å². The van der Waals surface area contributed by atoms with Crippen LogP contribution in [0.4, 0.5) is 0 Å². The summed E-state index contributed by atoms with van der Waals surface area (Å²) in [6, 6.07) is 12.0. The van der Waals surface area contributed by atoms with E-state index in [1.54, 1.807) is 25.1 Å². The molecule has 6 nitrogen and oxygen atoms in total. The van der Waals surface area contributed by atoms with E-state index < -0.39 is 23.3 Å². The highest BCUT2D eigenvalue weighted by Gasteiger charge is 2.48. The molecule has 2 aromatic rings. The summed E-state index contributed by atoms with van der Waals surface area (Å²) in [6.07, 6.45) is -0.160. The molecule has 1 aliphatic carbocycles. The Bertz CT molecular complexity index is 929. The number of Topliss-reactive ketones (excluding diaryl/α,β-unsaturated/α-hetero) is 2. The fourth-order valence-corrected chi connectivity index (χ4v) is 3.12. The first kappa shape index (κ1) is 17.5. The molecule has 26 heavy (non-hydrogen) atoms. The predicted octanol–water partition coefficient (Wildman–Crippen LogP) is 3.16. The van der Waals surface area contributed by atoms with Crippen LogP contribution in [0.25, 0.3) is 0 Å². The summed E-state index contributed by atoms with van der Waals surface area (Å²) in [4.78, 5) is 49.4. The van der Waals surface area contributed by atoms with Crippen molar-refractivity contribution >= 4 is 23.5 Å². The van der Waals surface area contributed by atoms with Gasteiger partial charge >= 0.3 is 11.9 Å². The SMILES string of the molecule is CCC1(OC(=O)c2ccccc2C(=O)O)CC(=O)c2ccccc2C1=O. The third kappa shape index (κ3) is 2.79. The molecule has 0 aromatic heterocycles. The Morgan fingerprint density at radius 3 is 2.19 bits per heavy atom. The van der Waals surface area contributed by atoms with Crippen LogP contribution in [0.1, 0.15) is 61.2 Å². The van der Waals surface area contributed by atoms with Crippen LogP contribution in [-0.2, 0) is 4.74 Å².